The Balaban J connectivity index is 0.982. The molecule has 22 heteroatoms. The highest BCUT2D eigenvalue weighted by molar-refractivity contribution is 8.06. The predicted molar refractivity (Wildman–Crippen MR) is 273 cm³/mol. The van der Waals surface area contributed by atoms with Crippen molar-refractivity contribution in [3.8, 4) is 46.0 Å². The highest BCUT2D eigenvalue weighted by Gasteiger charge is 2.51. The van der Waals surface area contributed by atoms with Gasteiger partial charge in [-0.25, -0.2) is 9.59 Å². The summed E-state index contributed by atoms with van der Waals surface area (Å²) in [5.41, 5.74) is 0.247. The first-order valence-electron chi connectivity index (χ1n) is 22.9. The molecule has 4 aliphatic rings. The topological polar surface area (TPSA) is 249 Å². The molecule has 4 aliphatic heterocycles. The molecule has 18 nitrogen and oxygen atoms in total. The van der Waals surface area contributed by atoms with E-state index in [1.54, 1.807) is 19.1 Å². The van der Waals surface area contributed by atoms with E-state index in [9.17, 15) is 42.4 Å². The quantitative estimate of drug-likeness (QED) is 0.0485. The number of nitrogens with one attached hydrogen (secondary N) is 1. The van der Waals surface area contributed by atoms with Crippen LogP contribution in [-0.2, 0) is 36.2 Å². The Morgan fingerprint density at radius 2 is 1.28 bits per heavy atom. The monoisotopic (exact) mass is 1080 g/mol. The molecule has 0 spiro atoms. The summed E-state index contributed by atoms with van der Waals surface area (Å²) in [6.07, 6.45) is 0.0166. The van der Waals surface area contributed by atoms with Crippen LogP contribution in [0.1, 0.15) is 72.8 Å². The van der Waals surface area contributed by atoms with Gasteiger partial charge in [-0.3, -0.25) is 14.1 Å². The summed E-state index contributed by atoms with van der Waals surface area (Å²) >= 11 is 2.94. The van der Waals surface area contributed by atoms with Crippen LogP contribution in [0.5, 0.6) is 46.0 Å². The van der Waals surface area contributed by atoms with Gasteiger partial charge in [0, 0.05) is 34.1 Å². The van der Waals surface area contributed by atoms with Crippen LogP contribution < -0.4 is 42.8 Å². The number of carboxylic acid groups (broad SMARTS) is 2. The Kier molecular flexibility index (Phi) is 13.6. The van der Waals surface area contributed by atoms with Crippen molar-refractivity contribution in [2.45, 2.75) is 43.1 Å². The van der Waals surface area contributed by atoms with Crippen molar-refractivity contribution in [3.05, 3.63) is 136 Å². The Hall–Kier alpha value is -7.50. The van der Waals surface area contributed by atoms with Crippen LogP contribution in [0, 0.1) is 16.0 Å². The summed E-state index contributed by atoms with van der Waals surface area (Å²) in [4.78, 5) is 50.7. The second kappa shape index (κ2) is 20.1. The molecule has 1 amide bonds. The van der Waals surface area contributed by atoms with Crippen LogP contribution in [0.15, 0.2) is 89.2 Å². The minimum absolute atomic E-state index is 0.0166. The van der Waals surface area contributed by atoms with Gasteiger partial charge in [0.25, 0.3) is 16.0 Å². The van der Waals surface area contributed by atoms with E-state index in [0.29, 0.717) is 85.5 Å². The molecule has 74 heavy (non-hydrogen) atoms. The molecular weight excluding hydrogens is 1040 g/mol. The van der Waals surface area contributed by atoms with E-state index in [2.05, 4.69) is 18.8 Å². The van der Waals surface area contributed by atoms with Crippen molar-refractivity contribution in [2.24, 2.45) is 0 Å². The first kappa shape index (κ1) is 50.1. The van der Waals surface area contributed by atoms with E-state index >= 15 is 0 Å². The number of benzene rings is 4. The van der Waals surface area contributed by atoms with Crippen molar-refractivity contribution in [2.75, 3.05) is 45.0 Å². The third-order valence-electron chi connectivity index (χ3n) is 12.1. The van der Waals surface area contributed by atoms with E-state index in [1.165, 1.54) is 59.1 Å². The number of aryl methyl sites for hydroxylation is 1. The number of hydrogen-bond donors (Lipinski definition) is 4. The lowest BCUT2D eigenvalue weighted by Gasteiger charge is -2.17. The highest BCUT2D eigenvalue weighted by Crippen LogP contribution is 2.47. The normalized spacial score (nSPS) is 17.9. The molecule has 4 aromatic carbocycles. The molecule has 4 N–H and O–H groups in total. The molecular formula is C52H44NO17S4+. The number of carboxylic acids is 2. The van der Waals surface area contributed by atoms with Gasteiger partial charge < -0.3 is 53.4 Å². The Morgan fingerprint density at radius 3 is 1.95 bits per heavy atom. The Labute approximate surface area is 432 Å². The van der Waals surface area contributed by atoms with E-state index in [4.69, 9.17) is 37.9 Å². The van der Waals surface area contributed by atoms with Gasteiger partial charge in [0.05, 0.1) is 30.3 Å². The second-order valence-corrected chi connectivity index (χ2v) is 22.7. The van der Waals surface area contributed by atoms with Crippen LogP contribution in [0.25, 0.3) is 11.5 Å². The van der Waals surface area contributed by atoms with Gasteiger partial charge in [0.2, 0.25) is 10.7 Å². The highest BCUT2D eigenvalue weighted by atomic mass is 32.2. The standard InChI is InChI=1S/C52H43NO17S4/c1-5-36(54)34-22-30(8-10-32(34)51(56)57)69-31-9-11-33(52(58)59)35(23-31)50(55)53-29-7-13-38(39(21-29)74(60,61)62)70-37-12-6-25(2)20-28(37)24-73-27(4)41-45(68-19-15-64-41)49(73)48-44-43(66-17-18-67-44)47(72-48)46-42-40(26(3)71-46)63-14-16-65-42/h6-13,20-23,27H,3,5,14-19,24H2,1-2,4H3,(H3-,53,55,56,57,58,59,60,61,62)/p+1/b47-46+,49-48+. The number of aromatic carboxylic acids is 2. The Bertz CT molecular complexity index is 3730. The van der Waals surface area contributed by atoms with Crippen LogP contribution in [0.3, 0.4) is 0 Å². The molecule has 382 valence electrons. The average molecular weight is 1080 g/mol. The fourth-order valence-electron chi connectivity index (χ4n) is 8.73. The van der Waals surface area contributed by atoms with E-state index < -0.39 is 60.7 Å². The number of ether oxygens (including phenoxy) is 8. The third kappa shape index (κ3) is 9.50. The largest absolute Gasteiger partial charge is 0.485 e. The van der Waals surface area contributed by atoms with Crippen molar-refractivity contribution in [3.63, 3.8) is 0 Å². The molecule has 0 radical (unpaired) electrons. The third-order valence-corrected chi connectivity index (χ3v) is 18.1. The summed E-state index contributed by atoms with van der Waals surface area (Å²) in [5.74, 6) is -0.214. The van der Waals surface area contributed by atoms with E-state index in [0.717, 1.165) is 46.8 Å². The van der Waals surface area contributed by atoms with Crippen LogP contribution in [0.4, 0.5) is 5.69 Å². The smallest absolute Gasteiger partial charge is 0.336 e. The van der Waals surface area contributed by atoms with Gasteiger partial charge in [0.15, 0.2) is 39.8 Å². The van der Waals surface area contributed by atoms with Crippen molar-refractivity contribution in [1.82, 2.24) is 0 Å². The first-order chi connectivity index (χ1) is 35.5. The van der Waals surface area contributed by atoms with Crippen molar-refractivity contribution < 1.29 is 80.3 Å². The maximum Gasteiger partial charge on any atom is 0.336 e. The summed E-state index contributed by atoms with van der Waals surface area (Å²) in [5, 5.41) is 21.9. The molecule has 0 fully saturated rings. The molecule has 10 rings (SSSR count). The lowest BCUT2D eigenvalue weighted by Crippen LogP contribution is -2.23. The number of thiophene rings is 2. The van der Waals surface area contributed by atoms with E-state index in [-0.39, 0.29) is 51.5 Å². The molecule has 2 atom stereocenters. The van der Waals surface area contributed by atoms with Crippen molar-refractivity contribution in [1.29, 1.82) is 0 Å². The molecule has 2 aromatic heterocycles. The summed E-state index contributed by atoms with van der Waals surface area (Å²) < 4.78 is 89.7. The molecule has 0 saturated carbocycles. The fraction of sp³-hybridized carbons (Fsp3) is 0.231. The lowest BCUT2D eigenvalue weighted by atomic mass is 10.0. The summed E-state index contributed by atoms with van der Waals surface area (Å²) in [6, 6.07) is 16.2. The lowest BCUT2D eigenvalue weighted by molar-refractivity contribution is 0.0683. The summed E-state index contributed by atoms with van der Waals surface area (Å²) in [7, 11) is -5.74. The van der Waals surface area contributed by atoms with Gasteiger partial charge in [-0.05, 0) is 80.6 Å². The summed E-state index contributed by atoms with van der Waals surface area (Å²) in [6.45, 7) is 11.9. The maximum atomic E-state index is 13.9. The zero-order valence-corrected chi connectivity index (χ0v) is 42.8. The number of carbonyl (C=O) groups excluding carboxylic acids is 2. The van der Waals surface area contributed by atoms with E-state index in [1.807, 2.05) is 13.0 Å². The van der Waals surface area contributed by atoms with Crippen LogP contribution >= 0.6 is 22.7 Å². The average Bonchev–Trinajstić information content (AvgIpc) is 4.02. The predicted octanol–water partition coefficient (Wildman–Crippen LogP) is 8.02. The number of carbonyl (C=O) groups is 4. The molecule has 0 aliphatic carbocycles. The molecule has 0 bridgehead atoms. The van der Waals surface area contributed by atoms with Gasteiger partial charge >= 0.3 is 11.9 Å². The number of ketones is 1. The number of hydrogen-bond acceptors (Lipinski definition) is 16. The molecule has 6 aromatic rings. The molecule has 0 saturated heterocycles. The van der Waals surface area contributed by atoms with Crippen LogP contribution in [0.2, 0.25) is 0 Å². The number of amides is 1. The second-order valence-electron chi connectivity index (χ2n) is 17.0. The maximum absolute atomic E-state index is 13.9. The molecule has 2 unspecified atom stereocenters. The van der Waals surface area contributed by atoms with Gasteiger partial charge in [-0.1, -0.05) is 25.1 Å². The minimum Gasteiger partial charge on any atom is -0.485 e. The first-order valence-corrected chi connectivity index (χ1v) is 27.4. The molecule has 6 heterocycles. The number of fused-ring (bicyclic) bond motifs is 2. The van der Waals surface area contributed by atoms with Gasteiger partial charge in [-0.15, -0.1) is 22.7 Å². The zero-order chi connectivity index (χ0) is 52.2. The number of anilines is 1. The fourth-order valence-corrected chi connectivity index (χ4v) is 14.5. The number of rotatable bonds is 13. The van der Waals surface area contributed by atoms with Crippen molar-refractivity contribution >= 4 is 84.5 Å². The van der Waals surface area contributed by atoms with Crippen LogP contribution in [-0.4, -0.2) is 91.7 Å². The van der Waals surface area contributed by atoms with Gasteiger partial charge in [-0.2, -0.15) is 8.42 Å². The van der Waals surface area contributed by atoms with Gasteiger partial charge in [0.1, 0.15) is 77.8 Å². The number of Topliss-reactive ketones (excluding diaryl/α,β-unsaturated/α-hetero) is 1. The SMILES string of the molecule is C=c1s/c(=c2/s/c(=C3\C4=C(OCCO4)C(C)[S+]3Cc3cc(C)ccc3Oc3ccc(NC(=O)c4cc(Oc5ccc(C(=O)O)c(C(=O)CC)c5)ccc4C(=O)O)cc3S(=O)(=O)O)c3c2OCCO3)c2c1OCCO2. The Morgan fingerprint density at radius 1 is 0.703 bits per heavy atom. The zero-order valence-electron chi connectivity index (χ0n) is 39.6. The minimum atomic E-state index is -5.04.